The van der Waals surface area contributed by atoms with E-state index in [1.54, 1.807) is 0 Å². The summed E-state index contributed by atoms with van der Waals surface area (Å²) in [6, 6.07) is 7.95. The van der Waals surface area contributed by atoms with Gasteiger partial charge in [0.2, 0.25) is 5.91 Å². The number of likely N-dealkylation sites (N-methyl/N-ethyl adjacent to an activating group) is 1. The third-order valence-electron chi connectivity index (χ3n) is 4.67. The van der Waals surface area contributed by atoms with Crippen molar-refractivity contribution < 1.29 is 9.53 Å². The molecule has 0 bridgehead atoms. The first-order valence-electron chi connectivity index (χ1n) is 9.48. The monoisotopic (exact) mass is 347 g/mol. The van der Waals surface area contributed by atoms with E-state index in [1.807, 2.05) is 45.0 Å². The second-order valence-corrected chi connectivity index (χ2v) is 7.05. The number of amides is 1. The zero-order chi connectivity index (χ0) is 18.2. The Hall–Kier alpha value is -1.59. The Morgan fingerprint density at radius 1 is 1.16 bits per heavy atom. The van der Waals surface area contributed by atoms with Gasteiger partial charge in [0.1, 0.15) is 5.75 Å². The van der Waals surface area contributed by atoms with Crippen molar-refractivity contribution in [2.75, 3.05) is 39.3 Å². The van der Waals surface area contributed by atoms with Crippen molar-refractivity contribution >= 4 is 5.91 Å². The largest absolute Gasteiger partial charge is 0.491 e. The van der Waals surface area contributed by atoms with Crippen molar-refractivity contribution in [3.8, 4) is 5.75 Å². The van der Waals surface area contributed by atoms with Gasteiger partial charge in [-0.2, -0.15) is 0 Å². The van der Waals surface area contributed by atoms with Gasteiger partial charge in [-0.05, 0) is 45.0 Å². The predicted octanol–water partition coefficient (Wildman–Crippen LogP) is 2.68. The molecule has 1 aromatic rings. The maximum absolute atomic E-state index is 12.3. The van der Waals surface area contributed by atoms with E-state index in [1.165, 1.54) is 0 Å². The van der Waals surface area contributed by atoms with Gasteiger partial charge >= 0.3 is 0 Å². The molecule has 0 aromatic heterocycles. The summed E-state index contributed by atoms with van der Waals surface area (Å²) in [6.45, 7) is 14.5. The van der Waals surface area contributed by atoms with E-state index in [-0.39, 0.29) is 18.1 Å². The number of rotatable bonds is 8. The van der Waals surface area contributed by atoms with E-state index < -0.39 is 0 Å². The molecule has 1 amide bonds. The standard InChI is InChI=1S/C20H33N3O2/c1-5-22-11-13-23(14-12-22)10-9-20(24)21-17(4)18-7-6-8-19(15-18)25-16(2)3/h6-8,15-17H,5,9-14H2,1-4H3,(H,21,24)/t17-/m1/s1. The van der Waals surface area contributed by atoms with Crippen molar-refractivity contribution in [3.05, 3.63) is 29.8 Å². The second-order valence-electron chi connectivity index (χ2n) is 7.05. The van der Waals surface area contributed by atoms with Crippen molar-refractivity contribution in [2.45, 2.75) is 46.3 Å². The van der Waals surface area contributed by atoms with E-state index in [9.17, 15) is 4.79 Å². The first-order valence-corrected chi connectivity index (χ1v) is 9.48. The summed E-state index contributed by atoms with van der Waals surface area (Å²) < 4.78 is 5.73. The highest BCUT2D eigenvalue weighted by Crippen LogP contribution is 2.20. The molecule has 0 saturated carbocycles. The summed E-state index contributed by atoms with van der Waals surface area (Å²) in [5.74, 6) is 0.961. The first-order chi connectivity index (χ1) is 12.0. The lowest BCUT2D eigenvalue weighted by molar-refractivity contribution is -0.122. The number of carbonyl (C=O) groups is 1. The van der Waals surface area contributed by atoms with Crippen LogP contribution in [0, 0.1) is 0 Å². The van der Waals surface area contributed by atoms with Gasteiger partial charge in [-0.1, -0.05) is 19.1 Å². The maximum Gasteiger partial charge on any atom is 0.221 e. The van der Waals surface area contributed by atoms with Gasteiger partial charge in [0.25, 0.3) is 0 Å². The van der Waals surface area contributed by atoms with Crippen LogP contribution in [-0.4, -0.2) is 61.1 Å². The summed E-state index contributed by atoms with van der Waals surface area (Å²) in [4.78, 5) is 17.1. The number of carbonyl (C=O) groups excluding carboxylic acids is 1. The summed E-state index contributed by atoms with van der Waals surface area (Å²) in [6.07, 6.45) is 0.701. The van der Waals surface area contributed by atoms with E-state index in [2.05, 4.69) is 22.0 Å². The Kier molecular flexibility index (Phi) is 7.72. The summed E-state index contributed by atoms with van der Waals surface area (Å²) >= 11 is 0. The first kappa shape index (κ1) is 19.7. The fourth-order valence-electron chi connectivity index (χ4n) is 3.12. The molecule has 0 aliphatic carbocycles. The van der Waals surface area contributed by atoms with E-state index in [0.29, 0.717) is 6.42 Å². The summed E-state index contributed by atoms with van der Waals surface area (Å²) in [5.41, 5.74) is 1.07. The molecule has 2 rings (SSSR count). The molecule has 0 unspecified atom stereocenters. The summed E-state index contributed by atoms with van der Waals surface area (Å²) in [5, 5.41) is 3.10. The molecule has 25 heavy (non-hydrogen) atoms. The molecule has 5 heteroatoms. The molecular weight excluding hydrogens is 314 g/mol. The quantitative estimate of drug-likeness (QED) is 0.785. The Morgan fingerprint density at radius 2 is 1.84 bits per heavy atom. The number of hydrogen-bond donors (Lipinski definition) is 1. The Morgan fingerprint density at radius 3 is 2.48 bits per heavy atom. The van der Waals surface area contributed by atoms with Crippen LogP contribution in [0.2, 0.25) is 0 Å². The van der Waals surface area contributed by atoms with Crippen LogP contribution in [0.25, 0.3) is 0 Å². The smallest absolute Gasteiger partial charge is 0.221 e. The van der Waals surface area contributed by atoms with Gasteiger partial charge in [-0.3, -0.25) is 4.79 Å². The van der Waals surface area contributed by atoms with Gasteiger partial charge < -0.3 is 19.9 Å². The second kappa shape index (κ2) is 9.78. The lowest BCUT2D eigenvalue weighted by Crippen LogP contribution is -2.47. The molecule has 1 aliphatic rings. The summed E-state index contributed by atoms with van der Waals surface area (Å²) in [7, 11) is 0. The van der Waals surface area contributed by atoms with Gasteiger partial charge in [-0.25, -0.2) is 0 Å². The normalized spacial score (nSPS) is 17.5. The van der Waals surface area contributed by atoms with Crippen LogP contribution in [0.3, 0.4) is 0 Å². The van der Waals surface area contributed by atoms with Crippen LogP contribution < -0.4 is 10.1 Å². The molecule has 140 valence electrons. The Labute approximate surface area is 152 Å². The zero-order valence-corrected chi connectivity index (χ0v) is 16.1. The fraction of sp³-hybridized carbons (Fsp3) is 0.650. The average molecular weight is 348 g/mol. The van der Waals surface area contributed by atoms with Gasteiger partial charge in [0.15, 0.2) is 0 Å². The molecule has 1 atom stereocenters. The van der Waals surface area contributed by atoms with Crippen LogP contribution in [0.1, 0.15) is 45.7 Å². The number of ether oxygens (including phenoxy) is 1. The van der Waals surface area contributed by atoms with Crippen molar-refractivity contribution in [3.63, 3.8) is 0 Å². The van der Waals surface area contributed by atoms with E-state index >= 15 is 0 Å². The Bertz CT molecular complexity index is 539. The van der Waals surface area contributed by atoms with Crippen LogP contribution in [0.5, 0.6) is 5.75 Å². The molecule has 1 fully saturated rings. The lowest BCUT2D eigenvalue weighted by atomic mass is 10.1. The van der Waals surface area contributed by atoms with Crippen molar-refractivity contribution in [1.29, 1.82) is 0 Å². The molecule has 1 N–H and O–H groups in total. The maximum atomic E-state index is 12.3. The van der Waals surface area contributed by atoms with Crippen molar-refractivity contribution in [1.82, 2.24) is 15.1 Å². The van der Waals surface area contributed by atoms with Crippen LogP contribution in [0.4, 0.5) is 0 Å². The topological polar surface area (TPSA) is 44.8 Å². The number of nitrogens with zero attached hydrogens (tertiary/aromatic N) is 2. The lowest BCUT2D eigenvalue weighted by Gasteiger charge is -2.33. The molecule has 1 aliphatic heterocycles. The highest BCUT2D eigenvalue weighted by atomic mass is 16.5. The minimum atomic E-state index is -0.0137. The third-order valence-corrected chi connectivity index (χ3v) is 4.67. The molecule has 1 saturated heterocycles. The number of piperazine rings is 1. The van der Waals surface area contributed by atoms with Gasteiger partial charge in [0, 0.05) is 39.1 Å². The molecular formula is C20H33N3O2. The van der Waals surface area contributed by atoms with Crippen LogP contribution in [0.15, 0.2) is 24.3 Å². The number of nitrogens with one attached hydrogen (secondary N) is 1. The van der Waals surface area contributed by atoms with E-state index in [4.69, 9.17) is 4.74 Å². The van der Waals surface area contributed by atoms with Gasteiger partial charge in [-0.15, -0.1) is 0 Å². The molecule has 1 heterocycles. The van der Waals surface area contributed by atoms with Crippen molar-refractivity contribution in [2.24, 2.45) is 0 Å². The van der Waals surface area contributed by atoms with Crippen LogP contribution in [-0.2, 0) is 4.79 Å². The molecule has 5 nitrogen and oxygen atoms in total. The number of benzene rings is 1. The fourth-order valence-corrected chi connectivity index (χ4v) is 3.12. The Balaban J connectivity index is 1.76. The highest BCUT2D eigenvalue weighted by molar-refractivity contribution is 5.76. The average Bonchev–Trinajstić information content (AvgIpc) is 2.60. The SMILES string of the molecule is CCN1CCN(CCC(=O)N[C@H](C)c2cccc(OC(C)C)c2)CC1. The minimum Gasteiger partial charge on any atom is -0.491 e. The highest BCUT2D eigenvalue weighted by Gasteiger charge is 2.17. The zero-order valence-electron chi connectivity index (χ0n) is 16.1. The van der Waals surface area contributed by atoms with Gasteiger partial charge in [0.05, 0.1) is 12.1 Å². The number of hydrogen-bond acceptors (Lipinski definition) is 4. The predicted molar refractivity (Wildman–Crippen MR) is 102 cm³/mol. The molecule has 0 spiro atoms. The molecule has 1 aromatic carbocycles. The third kappa shape index (κ3) is 6.67. The molecule has 0 radical (unpaired) electrons. The van der Waals surface area contributed by atoms with Crippen LogP contribution >= 0.6 is 0 Å². The van der Waals surface area contributed by atoms with E-state index in [0.717, 1.165) is 50.6 Å². The minimum absolute atomic E-state index is 0.0137.